The van der Waals surface area contributed by atoms with Crippen molar-refractivity contribution in [2.24, 2.45) is 0 Å². The molecule has 0 radical (unpaired) electrons. The van der Waals surface area contributed by atoms with Crippen LogP contribution in [0.1, 0.15) is 70.3 Å². The normalized spacial score (nSPS) is 17.9. The smallest absolute Gasteiger partial charge is 0.245 e. The molecule has 0 bridgehead atoms. The molecule has 3 rings (SSSR count). The van der Waals surface area contributed by atoms with Crippen molar-refractivity contribution < 1.29 is 14.4 Å². The molecule has 8 heteroatoms. The van der Waals surface area contributed by atoms with Gasteiger partial charge in [-0.2, -0.15) is 0 Å². The topological polar surface area (TPSA) is 73.0 Å². The molecule has 0 aromatic heterocycles. The molecule has 1 aliphatic carbocycles. The van der Waals surface area contributed by atoms with Gasteiger partial charge in [0.15, 0.2) is 0 Å². The lowest BCUT2D eigenvalue weighted by Gasteiger charge is -2.49. The van der Waals surface area contributed by atoms with Gasteiger partial charge in [0.2, 0.25) is 17.7 Å². The van der Waals surface area contributed by atoms with E-state index in [9.17, 15) is 14.4 Å². The highest BCUT2D eigenvalue weighted by Gasteiger charge is 2.41. The number of likely N-dealkylation sites (tertiary alicyclic amines) is 1. The lowest BCUT2D eigenvalue weighted by Crippen LogP contribution is -2.67. The zero-order valence-corrected chi connectivity index (χ0v) is 22.9. The molecule has 1 atom stereocenters. The van der Waals surface area contributed by atoms with Gasteiger partial charge in [0.05, 0.1) is 6.04 Å². The zero-order valence-electron chi connectivity index (χ0n) is 22.2. The predicted octanol–water partition coefficient (Wildman–Crippen LogP) is 3.88. The van der Waals surface area contributed by atoms with Gasteiger partial charge in [-0.3, -0.25) is 14.4 Å². The molecule has 2 aliphatic rings. The first kappa shape index (κ1) is 28.5. The van der Waals surface area contributed by atoms with Gasteiger partial charge in [0, 0.05) is 50.0 Å². The van der Waals surface area contributed by atoms with Crippen molar-refractivity contribution in [2.45, 2.75) is 89.3 Å². The Balaban J connectivity index is 1.67. The highest BCUT2D eigenvalue weighted by Crippen LogP contribution is 2.28. The summed E-state index contributed by atoms with van der Waals surface area (Å²) < 4.78 is 0. The Kier molecular flexibility index (Phi) is 11.1. The fourth-order valence-electron chi connectivity index (χ4n) is 5.26. The van der Waals surface area contributed by atoms with Crippen LogP contribution in [0.2, 0.25) is 5.02 Å². The summed E-state index contributed by atoms with van der Waals surface area (Å²) in [5, 5.41) is 3.61. The quantitative estimate of drug-likeness (QED) is 0.451. The van der Waals surface area contributed by atoms with E-state index in [1.807, 2.05) is 38.1 Å². The minimum absolute atomic E-state index is 0.0664. The third kappa shape index (κ3) is 8.20. The second-order valence-electron chi connectivity index (χ2n) is 10.6. The van der Waals surface area contributed by atoms with Crippen LogP contribution in [0.15, 0.2) is 24.3 Å². The summed E-state index contributed by atoms with van der Waals surface area (Å²) in [7, 11) is 3.84. The van der Waals surface area contributed by atoms with Gasteiger partial charge in [-0.1, -0.05) is 56.3 Å². The molecule has 7 nitrogen and oxygen atoms in total. The molecule has 36 heavy (non-hydrogen) atoms. The molecule has 1 aromatic rings. The maximum Gasteiger partial charge on any atom is 0.245 e. The van der Waals surface area contributed by atoms with E-state index in [1.165, 1.54) is 12.8 Å². The number of hydrogen-bond acceptors (Lipinski definition) is 4. The van der Waals surface area contributed by atoms with Crippen LogP contribution in [0.25, 0.3) is 0 Å². The largest absolute Gasteiger partial charge is 0.344 e. The fourth-order valence-corrected chi connectivity index (χ4v) is 5.39. The van der Waals surface area contributed by atoms with Crippen molar-refractivity contribution in [3.8, 4) is 0 Å². The van der Waals surface area contributed by atoms with Gasteiger partial charge in [0.25, 0.3) is 0 Å². The maximum atomic E-state index is 13.5. The van der Waals surface area contributed by atoms with Gasteiger partial charge < -0.3 is 20.0 Å². The first-order valence-corrected chi connectivity index (χ1v) is 13.9. The molecule has 1 heterocycles. The summed E-state index contributed by atoms with van der Waals surface area (Å²) in [6.07, 6.45) is 9.05. The van der Waals surface area contributed by atoms with E-state index < -0.39 is 6.04 Å². The zero-order chi connectivity index (χ0) is 26.1. The molecule has 1 N–H and O–H groups in total. The summed E-state index contributed by atoms with van der Waals surface area (Å²) in [5.74, 6) is 0.00524. The number of amides is 3. The Morgan fingerprint density at radius 2 is 1.64 bits per heavy atom. The van der Waals surface area contributed by atoms with Gasteiger partial charge in [-0.25, -0.2) is 0 Å². The van der Waals surface area contributed by atoms with Gasteiger partial charge >= 0.3 is 0 Å². The molecule has 1 saturated heterocycles. The first-order chi connectivity index (χ1) is 17.3. The summed E-state index contributed by atoms with van der Waals surface area (Å²) in [6.45, 7) is 3.74. The summed E-state index contributed by atoms with van der Waals surface area (Å²) in [6, 6.07) is 7.10. The number of carbonyl (C=O) groups is 3. The molecule has 200 valence electrons. The van der Waals surface area contributed by atoms with E-state index in [4.69, 9.17) is 11.6 Å². The van der Waals surface area contributed by atoms with Crippen LogP contribution in [-0.2, 0) is 20.8 Å². The molecule has 3 amide bonds. The van der Waals surface area contributed by atoms with E-state index in [2.05, 4.69) is 10.2 Å². The third-order valence-corrected chi connectivity index (χ3v) is 7.56. The highest BCUT2D eigenvalue weighted by atomic mass is 35.5. The molecule has 0 spiro atoms. The number of nitrogens with one attached hydrogen (secondary N) is 1. The van der Waals surface area contributed by atoms with Crippen LogP contribution in [0.4, 0.5) is 0 Å². The minimum atomic E-state index is -0.639. The SMILES string of the molecule is CCCC(=O)N(C1CCCCCC1)C1CN(C(=O)C(Cc2ccc(Cl)cc2)NC(=O)CCN(C)C)C1. The molecular formula is C28H43ClN4O3. The highest BCUT2D eigenvalue weighted by molar-refractivity contribution is 6.30. The Labute approximate surface area is 221 Å². The number of carbonyl (C=O) groups excluding carboxylic acids is 3. The van der Waals surface area contributed by atoms with Crippen molar-refractivity contribution in [2.75, 3.05) is 33.7 Å². The number of halogens is 1. The standard InChI is InChI=1S/C28H43ClN4O3/c1-4-9-27(35)33(23-10-7-5-6-8-11-23)24-19-32(20-24)28(36)25(30-26(34)16-17-31(2)3)18-21-12-14-22(29)15-13-21/h12-15,23-25H,4-11,16-20H2,1-3H3,(H,30,34). The van der Waals surface area contributed by atoms with E-state index >= 15 is 0 Å². The lowest BCUT2D eigenvalue weighted by molar-refractivity contribution is -0.151. The molecule has 2 fully saturated rings. The van der Waals surface area contributed by atoms with Crippen molar-refractivity contribution in [1.82, 2.24) is 20.0 Å². The van der Waals surface area contributed by atoms with Crippen molar-refractivity contribution >= 4 is 29.3 Å². The second kappa shape index (κ2) is 14.0. The molecule has 1 unspecified atom stereocenters. The van der Waals surface area contributed by atoms with Crippen LogP contribution >= 0.6 is 11.6 Å². The van der Waals surface area contributed by atoms with Gasteiger partial charge in [0.1, 0.15) is 6.04 Å². The predicted molar refractivity (Wildman–Crippen MR) is 144 cm³/mol. The number of nitrogens with zero attached hydrogens (tertiary/aromatic N) is 3. The average molecular weight is 519 g/mol. The lowest BCUT2D eigenvalue weighted by atomic mass is 9.97. The van der Waals surface area contributed by atoms with E-state index in [-0.39, 0.29) is 29.8 Å². The second-order valence-corrected chi connectivity index (χ2v) is 11.0. The average Bonchev–Trinajstić information content (AvgIpc) is 3.09. The summed E-state index contributed by atoms with van der Waals surface area (Å²) in [4.78, 5) is 45.1. The van der Waals surface area contributed by atoms with E-state index in [0.717, 1.165) is 37.7 Å². The minimum Gasteiger partial charge on any atom is -0.344 e. The Bertz CT molecular complexity index is 862. The van der Waals surface area contributed by atoms with Gasteiger partial charge in [-0.15, -0.1) is 0 Å². The molecule has 1 aliphatic heterocycles. The fraction of sp³-hybridized carbons (Fsp3) is 0.679. The summed E-state index contributed by atoms with van der Waals surface area (Å²) >= 11 is 6.03. The first-order valence-electron chi connectivity index (χ1n) is 13.6. The third-order valence-electron chi connectivity index (χ3n) is 7.31. The Hall–Kier alpha value is -2.12. The maximum absolute atomic E-state index is 13.5. The molecular weight excluding hydrogens is 476 g/mol. The number of hydrogen-bond donors (Lipinski definition) is 1. The van der Waals surface area contributed by atoms with Crippen LogP contribution in [0.3, 0.4) is 0 Å². The van der Waals surface area contributed by atoms with Crippen LogP contribution < -0.4 is 5.32 Å². The Morgan fingerprint density at radius 1 is 1.00 bits per heavy atom. The van der Waals surface area contributed by atoms with Crippen molar-refractivity contribution in [1.29, 1.82) is 0 Å². The number of benzene rings is 1. The van der Waals surface area contributed by atoms with Gasteiger partial charge in [-0.05, 0) is 51.1 Å². The molecule has 1 aromatic carbocycles. The Morgan fingerprint density at radius 3 is 2.22 bits per heavy atom. The van der Waals surface area contributed by atoms with Crippen molar-refractivity contribution in [3.05, 3.63) is 34.9 Å². The van der Waals surface area contributed by atoms with Crippen LogP contribution in [0, 0.1) is 0 Å². The van der Waals surface area contributed by atoms with Crippen molar-refractivity contribution in [3.63, 3.8) is 0 Å². The van der Waals surface area contributed by atoms with E-state index in [0.29, 0.717) is 43.9 Å². The van der Waals surface area contributed by atoms with E-state index in [1.54, 1.807) is 17.0 Å². The monoisotopic (exact) mass is 518 g/mol. The summed E-state index contributed by atoms with van der Waals surface area (Å²) in [5.41, 5.74) is 0.945. The molecule has 1 saturated carbocycles. The van der Waals surface area contributed by atoms with Crippen LogP contribution in [-0.4, -0.2) is 84.3 Å². The number of rotatable bonds is 11. The van der Waals surface area contributed by atoms with Crippen LogP contribution in [0.5, 0.6) is 0 Å².